The van der Waals surface area contributed by atoms with Crippen molar-refractivity contribution in [3.05, 3.63) is 35.4 Å². The second-order valence-corrected chi connectivity index (χ2v) is 8.48. The Morgan fingerprint density at radius 3 is 2.13 bits per heavy atom. The maximum absolute atomic E-state index is 12.5. The minimum atomic E-state index is -0.511. The largest absolute Gasteiger partial charge is 0.462 e. The minimum absolute atomic E-state index is 0.240. The van der Waals surface area contributed by atoms with Crippen LogP contribution in [-0.4, -0.2) is 36.4 Å². The van der Waals surface area contributed by atoms with Crippen molar-refractivity contribution in [2.45, 2.75) is 85.2 Å². The van der Waals surface area contributed by atoms with E-state index < -0.39 is 11.9 Å². The van der Waals surface area contributed by atoms with Gasteiger partial charge in [-0.3, -0.25) is 0 Å². The summed E-state index contributed by atoms with van der Waals surface area (Å²) in [6, 6.07) is 6.64. The van der Waals surface area contributed by atoms with Gasteiger partial charge in [-0.05, 0) is 56.1 Å². The van der Waals surface area contributed by atoms with Crippen molar-refractivity contribution in [3.63, 3.8) is 0 Å². The molecule has 0 aliphatic rings. The van der Waals surface area contributed by atoms with Gasteiger partial charge < -0.3 is 14.6 Å². The van der Waals surface area contributed by atoms with Crippen molar-refractivity contribution in [2.75, 3.05) is 13.2 Å². The molecule has 0 bridgehead atoms. The third-order valence-corrected chi connectivity index (χ3v) is 5.27. The van der Waals surface area contributed by atoms with Crippen LogP contribution in [0, 0.1) is 11.8 Å². The third kappa shape index (κ3) is 10.2. The van der Waals surface area contributed by atoms with Gasteiger partial charge in [-0.2, -0.15) is 0 Å². The van der Waals surface area contributed by atoms with Crippen LogP contribution in [0.1, 0.15) is 99.8 Å². The molecule has 1 aromatic carbocycles. The van der Waals surface area contributed by atoms with Gasteiger partial charge in [0.2, 0.25) is 0 Å². The van der Waals surface area contributed by atoms with E-state index in [0.29, 0.717) is 31.3 Å². The zero-order valence-electron chi connectivity index (χ0n) is 19.2. The molecule has 0 fully saturated rings. The Hall–Kier alpha value is -1.88. The lowest BCUT2D eigenvalue weighted by atomic mass is 10.0. The number of benzene rings is 1. The van der Waals surface area contributed by atoms with E-state index in [1.54, 1.807) is 24.3 Å². The van der Waals surface area contributed by atoms with Gasteiger partial charge >= 0.3 is 11.9 Å². The SMILES string of the molecule is CCCCC(CC)COC(=O)c1ccccc1C(=O)OCCCCC(O)CC(C)C. The highest BCUT2D eigenvalue weighted by atomic mass is 16.5. The first kappa shape index (κ1) is 26.2. The summed E-state index contributed by atoms with van der Waals surface area (Å²) in [7, 11) is 0. The summed E-state index contributed by atoms with van der Waals surface area (Å²) in [5.74, 6) is -0.176. The molecule has 2 atom stereocenters. The summed E-state index contributed by atoms with van der Waals surface area (Å²) >= 11 is 0. The first-order chi connectivity index (χ1) is 14.4. The molecule has 1 aromatic rings. The number of unbranched alkanes of at least 4 members (excludes halogenated alkanes) is 2. The topological polar surface area (TPSA) is 72.8 Å². The van der Waals surface area contributed by atoms with E-state index in [9.17, 15) is 14.7 Å². The Morgan fingerprint density at radius 1 is 0.933 bits per heavy atom. The van der Waals surface area contributed by atoms with Crippen molar-refractivity contribution < 1.29 is 24.2 Å². The summed E-state index contributed by atoms with van der Waals surface area (Å²) in [5, 5.41) is 9.90. The van der Waals surface area contributed by atoms with Crippen LogP contribution in [0.3, 0.4) is 0 Å². The van der Waals surface area contributed by atoms with Crippen molar-refractivity contribution >= 4 is 11.9 Å². The molecule has 1 rings (SSSR count). The van der Waals surface area contributed by atoms with E-state index in [1.807, 2.05) is 0 Å². The standard InChI is InChI=1S/C25H40O5/c1-5-7-12-20(6-2)18-30-25(28)23-15-9-8-14-22(23)24(27)29-16-11-10-13-21(26)17-19(3)4/h8-9,14-15,19-21,26H,5-7,10-13,16-18H2,1-4H3. The van der Waals surface area contributed by atoms with Crippen LogP contribution >= 0.6 is 0 Å². The molecule has 170 valence electrons. The van der Waals surface area contributed by atoms with Crippen LogP contribution in [0.2, 0.25) is 0 Å². The molecule has 0 spiro atoms. The quantitative estimate of drug-likeness (QED) is 0.287. The van der Waals surface area contributed by atoms with Gasteiger partial charge in [-0.1, -0.05) is 59.1 Å². The van der Waals surface area contributed by atoms with E-state index in [0.717, 1.165) is 38.5 Å². The molecule has 0 amide bonds. The van der Waals surface area contributed by atoms with Gasteiger partial charge in [0.25, 0.3) is 0 Å². The highest BCUT2D eigenvalue weighted by Gasteiger charge is 2.20. The summed E-state index contributed by atoms with van der Waals surface area (Å²) in [6.45, 7) is 9.06. The minimum Gasteiger partial charge on any atom is -0.462 e. The maximum Gasteiger partial charge on any atom is 0.339 e. The fourth-order valence-electron chi connectivity index (χ4n) is 3.40. The van der Waals surface area contributed by atoms with Gasteiger partial charge in [-0.25, -0.2) is 9.59 Å². The van der Waals surface area contributed by atoms with Crippen LogP contribution in [0.15, 0.2) is 24.3 Å². The summed E-state index contributed by atoms with van der Waals surface area (Å²) in [6.07, 6.45) is 6.90. The molecule has 0 radical (unpaired) electrons. The van der Waals surface area contributed by atoms with Crippen LogP contribution < -0.4 is 0 Å². The number of hydrogen-bond donors (Lipinski definition) is 1. The Balaban J connectivity index is 2.51. The zero-order valence-corrected chi connectivity index (χ0v) is 19.2. The van der Waals surface area contributed by atoms with Crippen molar-refractivity contribution in [3.8, 4) is 0 Å². The normalized spacial score (nSPS) is 13.1. The fraction of sp³-hybridized carbons (Fsp3) is 0.680. The number of carbonyl (C=O) groups excluding carboxylic acids is 2. The molecule has 0 aliphatic heterocycles. The molecule has 0 aromatic heterocycles. The van der Waals surface area contributed by atoms with Gasteiger partial charge in [0.15, 0.2) is 0 Å². The first-order valence-corrected chi connectivity index (χ1v) is 11.5. The fourth-order valence-corrected chi connectivity index (χ4v) is 3.40. The van der Waals surface area contributed by atoms with Gasteiger partial charge in [0.1, 0.15) is 0 Å². The number of aliphatic hydroxyl groups is 1. The predicted octanol–water partition coefficient (Wildman–Crippen LogP) is 5.79. The lowest BCUT2D eigenvalue weighted by Gasteiger charge is -2.15. The Kier molecular flexibility index (Phi) is 13.1. The molecule has 0 saturated carbocycles. The molecule has 30 heavy (non-hydrogen) atoms. The first-order valence-electron chi connectivity index (χ1n) is 11.5. The predicted molar refractivity (Wildman–Crippen MR) is 120 cm³/mol. The second kappa shape index (κ2) is 15.0. The zero-order chi connectivity index (χ0) is 22.4. The maximum atomic E-state index is 12.5. The molecule has 1 N–H and O–H groups in total. The van der Waals surface area contributed by atoms with Crippen LogP contribution in [0.25, 0.3) is 0 Å². The molecule has 5 heteroatoms. The lowest BCUT2D eigenvalue weighted by molar-refractivity contribution is 0.0403. The Morgan fingerprint density at radius 2 is 1.57 bits per heavy atom. The Labute approximate surface area is 182 Å². The number of esters is 2. The summed E-state index contributed by atoms with van der Waals surface area (Å²) in [4.78, 5) is 25.0. The van der Waals surface area contributed by atoms with Gasteiger partial charge in [-0.15, -0.1) is 0 Å². The Bertz CT molecular complexity index is 626. The van der Waals surface area contributed by atoms with Crippen LogP contribution in [0.5, 0.6) is 0 Å². The lowest BCUT2D eigenvalue weighted by Crippen LogP contribution is -2.18. The van der Waals surface area contributed by atoms with Gasteiger partial charge in [0, 0.05) is 0 Å². The highest BCUT2D eigenvalue weighted by molar-refractivity contribution is 6.03. The smallest absolute Gasteiger partial charge is 0.339 e. The van der Waals surface area contributed by atoms with Crippen molar-refractivity contribution in [1.82, 2.24) is 0 Å². The summed E-state index contributed by atoms with van der Waals surface area (Å²) < 4.78 is 10.8. The average molecular weight is 421 g/mol. The molecule has 2 unspecified atom stereocenters. The number of rotatable bonds is 15. The average Bonchev–Trinajstić information content (AvgIpc) is 2.72. The van der Waals surface area contributed by atoms with Crippen LogP contribution in [-0.2, 0) is 9.47 Å². The number of ether oxygens (including phenoxy) is 2. The van der Waals surface area contributed by atoms with Crippen molar-refractivity contribution in [2.24, 2.45) is 11.8 Å². The second-order valence-electron chi connectivity index (χ2n) is 8.48. The molecular formula is C25H40O5. The van der Waals surface area contributed by atoms with Gasteiger partial charge in [0.05, 0.1) is 30.4 Å². The third-order valence-electron chi connectivity index (χ3n) is 5.27. The van der Waals surface area contributed by atoms with Crippen LogP contribution in [0.4, 0.5) is 0 Å². The van der Waals surface area contributed by atoms with E-state index in [2.05, 4.69) is 27.7 Å². The number of aliphatic hydroxyl groups excluding tert-OH is 1. The van der Waals surface area contributed by atoms with E-state index in [1.165, 1.54) is 0 Å². The molecule has 0 heterocycles. The van der Waals surface area contributed by atoms with E-state index in [4.69, 9.17) is 9.47 Å². The van der Waals surface area contributed by atoms with E-state index >= 15 is 0 Å². The van der Waals surface area contributed by atoms with E-state index in [-0.39, 0.29) is 23.8 Å². The number of hydrogen-bond acceptors (Lipinski definition) is 5. The molecule has 0 saturated heterocycles. The molecule has 0 aliphatic carbocycles. The number of carbonyl (C=O) groups is 2. The highest BCUT2D eigenvalue weighted by Crippen LogP contribution is 2.17. The molecular weight excluding hydrogens is 380 g/mol. The monoisotopic (exact) mass is 420 g/mol. The molecule has 5 nitrogen and oxygen atoms in total. The van der Waals surface area contributed by atoms with Crippen molar-refractivity contribution in [1.29, 1.82) is 0 Å². The summed E-state index contributed by atoms with van der Waals surface area (Å²) in [5.41, 5.74) is 0.490.